The molecule has 0 aliphatic heterocycles. The van der Waals surface area contributed by atoms with E-state index in [4.69, 9.17) is 9.47 Å². The summed E-state index contributed by atoms with van der Waals surface area (Å²) in [5.41, 5.74) is 3.06. The number of methoxy groups -OCH3 is 1. The second-order valence-electron chi connectivity index (χ2n) is 5.24. The zero-order chi connectivity index (χ0) is 16.1. The van der Waals surface area contributed by atoms with Gasteiger partial charge in [-0.25, -0.2) is 9.97 Å². The largest absolute Gasteiger partial charge is 0.491 e. The van der Waals surface area contributed by atoms with E-state index in [0.29, 0.717) is 13.2 Å². The number of hydrogen-bond acceptors (Lipinski definition) is 5. The van der Waals surface area contributed by atoms with Crippen molar-refractivity contribution in [2.75, 3.05) is 25.6 Å². The lowest BCUT2D eigenvalue weighted by molar-refractivity contribution is 0.146. The predicted molar refractivity (Wildman–Crippen MR) is 91.4 cm³/mol. The predicted octanol–water partition coefficient (Wildman–Crippen LogP) is 3.71. The number of aryl methyl sites for hydroxylation is 1. The molecule has 1 N–H and O–H groups in total. The van der Waals surface area contributed by atoms with Crippen molar-refractivity contribution in [3.63, 3.8) is 0 Å². The first kappa shape index (κ1) is 15.2. The number of benzene rings is 2. The van der Waals surface area contributed by atoms with Crippen LogP contribution >= 0.6 is 0 Å². The van der Waals surface area contributed by atoms with Gasteiger partial charge in [0.2, 0.25) is 0 Å². The molecule has 2 aromatic carbocycles. The molecular formula is C18H19N3O2. The van der Waals surface area contributed by atoms with Crippen LogP contribution in [-0.4, -0.2) is 30.3 Å². The summed E-state index contributed by atoms with van der Waals surface area (Å²) in [5, 5.41) is 4.27. The van der Waals surface area contributed by atoms with Gasteiger partial charge in [-0.05, 0) is 42.8 Å². The molecule has 0 amide bonds. The Morgan fingerprint density at radius 1 is 1.04 bits per heavy atom. The number of nitrogens with one attached hydrogen (secondary N) is 1. The first-order valence-corrected chi connectivity index (χ1v) is 7.46. The molecule has 3 rings (SSSR count). The van der Waals surface area contributed by atoms with Gasteiger partial charge in [-0.3, -0.25) is 0 Å². The Kier molecular flexibility index (Phi) is 4.68. The Labute approximate surface area is 135 Å². The van der Waals surface area contributed by atoms with Gasteiger partial charge in [-0.1, -0.05) is 12.1 Å². The maximum absolute atomic E-state index is 5.67. The Balaban J connectivity index is 1.91. The van der Waals surface area contributed by atoms with Crippen molar-refractivity contribution in [2.24, 2.45) is 0 Å². The fraction of sp³-hybridized carbons (Fsp3) is 0.222. The van der Waals surface area contributed by atoms with E-state index in [-0.39, 0.29) is 0 Å². The lowest BCUT2D eigenvalue weighted by atomic mass is 10.2. The van der Waals surface area contributed by atoms with Crippen molar-refractivity contribution in [1.29, 1.82) is 0 Å². The number of aromatic nitrogens is 2. The highest BCUT2D eigenvalue weighted by molar-refractivity contribution is 5.91. The average molecular weight is 309 g/mol. The van der Waals surface area contributed by atoms with Crippen LogP contribution in [0.25, 0.3) is 10.9 Å². The van der Waals surface area contributed by atoms with Crippen molar-refractivity contribution in [3.05, 3.63) is 54.4 Å². The molecule has 0 saturated carbocycles. The standard InChI is InChI=1S/C18H19N3O2/c1-13-4-3-5-14(10-13)21-18-16-11-15(23-9-8-22-2)6-7-17(16)19-12-20-18/h3-7,10-12H,8-9H2,1-2H3,(H,19,20,21). The highest BCUT2D eigenvalue weighted by Gasteiger charge is 2.06. The minimum Gasteiger partial charge on any atom is -0.491 e. The molecule has 0 fully saturated rings. The van der Waals surface area contributed by atoms with Crippen molar-refractivity contribution in [3.8, 4) is 5.75 Å². The molecule has 1 aromatic heterocycles. The Bertz CT molecular complexity index is 805. The zero-order valence-electron chi connectivity index (χ0n) is 13.2. The van der Waals surface area contributed by atoms with Crippen LogP contribution in [0.5, 0.6) is 5.75 Å². The summed E-state index contributed by atoms with van der Waals surface area (Å²) in [6, 6.07) is 13.9. The van der Waals surface area contributed by atoms with Crippen molar-refractivity contribution < 1.29 is 9.47 Å². The van der Waals surface area contributed by atoms with Gasteiger partial charge in [0.25, 0.3) is 0 Å². The summed E-state index contributed by atoms with van der Waals surface area (Å²) in [7, 11) is 1.65. The van der Waals surface area contributed by atoms with E-state index in [1.807, 2.05) is 30.3 Å². The Hall–Kier alpha value is -2.66. The van der Waals surface area contributed by atoms with Gasteiger partial charge in [-0.2, -0.15) is 0 Å². The molecule has 0 aliphatic rings. The van der Waals surface area contributed by atoms with Gasteiger partial charge in [0.05, 0.1) is 12.1 Å². The molecular weight excluding hydrogens is 290 g/mol. The minimum absolute atomic E-state index is 0.510. The van der Waals surface area contributed by atoms with Crippen LogP contribution in [0.15, 0.2) is 48.8 Å². The number of hydrogen-bond donors (Lipinski definition) is 1. The van der Waals surface area contributed by atoms with E-state index in [0.717, 1.165) is 28.2 Å². The Morgan fingerprint density at radius 2 is 1.96 bits per heavy atom. The van der Waals surface area contributed by atoms with Crippen molar-refractivity contribution >= 4 is 22.4 Å². The van der Waals surface area contributed by atoms with Crippen molar-refractivity contribution in [2.45, 2.75) is 6.92 Å². The average Bonchev–Trinajstić information content (AvgIpc) is 2.56. The second kappa shape index (κ2) is 7.07. The Morgan fingerprint density at radius 3 is 2.78 bits per heavy atom. The van der Waals surface area contributed by atoms with E-state index in [1.54, 1.807) is 13.4 Å². The summed E-state index contributed by atoms with van der Waals surface area (Å²) >= 11 is 0. The molecule has 0 saturated heterocycles. The van der Waals surface area contributed by atoms with Gasteiger partial charge < -0.3 is 14.8 Å². The van der Waals surface area contributed by atoms with Crippen LogP contribution in [0.3, 0.4) is 0 Å². The lowest BCUT2D eigenvalue weighted by Gasteiger charge is -2.11. The third-order valence-corrected chi connectivity index (χ3v) is 3.44. The molecule has 1 heterocycles. The highest BCUT2D eigenvalue weighted by atomic mass is 16.5. The SMILES string of the molecule is COCCOc1ccc2ncnc(Nc3cccc(C)c3)c2c1. The molecule has 0 bridgehead atoms. The van der Waals surface area contributed by atoms with Gasteiger partial charge in [-0.15, -0.1) is 0 Å². The van der Waals surface area contributed by atoms with Crippen LogP contribution in [-0.2, 0) is 4.74 Å². The third kappa shape index (κ3) is 3.76. The number of anilines is 2. The quantitative estimate of drug-likeness (QED) is 0.704. The monoisotopic (exact) mass is 309 g/mol. The van der Waals surface area contributed by atoms with Crippen molar-refractivity contribution in [1.82, 2.24) is 9.97 Å². The van der Waals surface area contributed by atoms with E-state index in [1.165, 1.54) is 5.56 Å². The van der Waals surface area contributed by atoms with Gasteiger partial charge in [0.1, 0.15) is 24.5 Å². The van der Waals surface area contributed by atoms with E-state index >= 15 is 0 Å². The molecule has 0 atom stereocenters. The smallest absolute Gasteiger partial charge is 0.141 e. The number of nitrogens with zero attached hydrogens (tertiary/aromatic N) is 2. The van der Waals surface area contributed by atoms with Crippen LogP contribution in [0, 0.1) is 6.92 Å². The molecule has 0 spiro atoms. The van der Waals surface area contributed by atoms with E-state index in [2.05, 4.69) is 34.3 Å². The van der Waals surface area contributed by atoms with Crippen LogP contribution in [0.1, 0.15) is 5.56 Å². The summed E-state index contributed by atoms with van der Waals surface area (Å²) in [5.74, 6) is 1.54. The van der Waals surface area contributed by atoms with Gasteiger partial charge in [0.15, 0.2) is 0 Å². The summed E-state index contributed by atoms with van der Waals surface area (Å²) in [4.78, 5) is 8.67. The fourth-order valence-corrected chi connectivity index (χ4v) is 2.33. The molecule has 0 unspecified atom stereocenters. The van der Waals surface area contributed by atoms with Crippen LogP contribution in [0.4, 0.5) is 11.5 Å². The zero-order valence-corrected chi connectivity index (χ0v) is 13.2. The van der Waals surface area contributed by atoms with E-state index < -0.39 is 0 Å². The summed E-state index contributed by atoms with van der Waals surface area (Å²) in [6.07, 6.45) is 1.56. The molecule has 3 aromatic rings. The molecule has 0 radical (unpaired) electrons. The van der Waals surface area contributed by atoms with Gasteiger partial charge in [0, 0.05) is 18.2 Å². The first-order valence-electron chi connectivity index (χ1n) is 7.46. The fourth-order valence-electron chi connectivity index (χ4n) is 2.33. The van der Waals surface area contributed by atoms with Crippen LogP contribution < -0.4 is 10.1 Å². The van der Waals surface area contributed by atoms with Crippen LogP contribution in [0.2, 0.25) is 0 Å². The highest BCUT2D eigenvalue weighted by Crippen LogP contribution is 2.27. The summed E-state index contributed by atoms with van der Waals surface area (Å²) in [6.45, 7) is 3.12. The minimum atomic E-state index is 0.510. The lowest BCUT2D eigenvalue weighted by Crippen LogP contribution is -2.04. The first-order chi connectivity index (χ1) is 11.3. The van der Waals surface area contributed by atoms with Gasteiger partial charge >= 0.3 is 0 Å². The molecule has 5 nitrogen and oxygen atoms in total. The second-order valence-corrected chi connectivity index (χ2v) is 5.24. The normalized spacial score (nSPS) is 10.7. The molecule has 5 heteroatoms. The number of ether oxygens (including phenoxy) is 2. The molecule has 0 aliphatic carbocycles. The number of rotatable bonds is 6. The molecule has 23 heavy (non-hydrogen) atoms. The maximum Gasteiger partial charge on any atom is 0.141 e. The topological polar surface area (TPSA) is 56.3 Å². The summed E-state index contributed by atoms with van der Waals surface area (Å²) < 4.78 is 10.7. The van der Waals surface area contributed by atoms with E-state index in [9.17, 15) is 0 Å². The molecule has 118 valence electrons. The number of fused-ring (bicyclic) bond motifs is 1. The maximum atomic E-state index is 5.67. The third-order valence-electron chi connectivity index (χ3n) is 3.44.